The summed E-state index contributed by atoms with van der Waals surface area (Å²) in [6, 6.07) is 0. The maximum Gasteiger partial charge on any atom is 0.185 e. The number of carbonyl (C=O) groups excluding carboxylic acids is 2. The average Bonchev–Trinajstić information content (AvgIpc) is 2.42. The number of aliphatic hydroxyl groups is 1. The molecule has 0 radical (unpaired) electrons. The molecule has 0 bridgehead atoms. The molecule has 0 fully saturated rings. The fourth-order valence-corrected chi connectivity index (χ4v) is 2.56. The van der Waals surface area contributed by atoms with Crippen molar-refractivity contribution in [2.75, 3.05) is 0 Å². The van der Waals surface area contributed by atoms with Gasteiger partial charge in [-0.05, 0) is 60.3 Å². The van der Waals surface area contributed by atoms with Crippen molar-refractivity contribution >= 4 is 11.6 Å². The van der Waals surface area contributed by atoms with E-state index < -0.39 is 5.60 Å². The number of rotatable bonds is 6. The lowest BCUT2D eigenvalue weighted by atomic mass is 9.82. The number of ketones is 2. The Morgan fingerprint density at radius 1 is 1.09 bits per heavy atom. The van der Waals surface area contributed by atoms with E-state index in [0.717, 1.165) is 0 Å². The number of halogens is 1. The third-order valence-corrected chi connectivity index (χ3v) is 4.33. The molecular formula is C18H25FO3. The van der Waals surface area contributed by atoms with Crippen LogP contribution in [0.15, 0.2) is 34.2 Å². The van der Waals surface area contributed by atoms with Crippen molar-refractivity contribution in [2.45, 2.75) is 65.9 Å². The Morgan fingerprint density at radius 3 is 2.18 bits per heavy atom. The second kappa shape index (κ2) is 7.14. The minimum atomic E-state index is -0.993. The highest BCUT2D eigenvalue weighted by atomic mass is 19.1. The normalized spacial score (nSPS) is 19.9. The van der Waals surface area contributed by atoms with Crippen LogP contribution in [0, 0.1) is 0 Å². The van der Waals surface area contributed by atoms with Crippen molar-refractivity contribution in [1.29, 1.82) is 0 Å². The maximum absolute atomic E-state index is 12.7. The largest absolute Gasteiger partial charge is 0.390 e. The highest BCUT2D eigenvalue weighted by Crippen LogP contribution is 2.30. The fraction of sp³-hybridized carbons (Fsp3) is 0.556. The topological polar surface area (TPSA) is 54.4 Å². The number of allylic oxidation sites excluding steroid dienone is 6. The van der Waals surface area contributed by atoms with Crippen LogP contribution in [0.25, 0.3) is 0 Å². The van der Waals surface area contributed by atoms with Gasteiger partial charge in [-0.3, -0.25) is 9.59 Å². The van der Waals surface area contributed by atoms with E-state index >= 15 is 0 Å². The second-order valence-corrected chi connectivity index (χ2v) is 6.34. The first-order chi connectivity index (χ1) is 10.1. The van der Waals surface area contributed by atoms with Crippen LogP contribution >= 0.6 is 0 Å². The van der Waals surface area contributed by atoms with Gasteiger partial charge in [0.15, 0.2) is 11.6 Å². The standard InChI is InChI=1S/C18H25FO3/c1-11(19)7-6-9-18(5,22)10-8-15-14(4)16(20)12(2)13(3)17(15)21/h7,22H,6,8-10H2,1-5H3/b11-7-/t18-/m1/s1. The summed E-state index contributed by atoms with van der Waals surface area (Å²) in [5, 5.41) is 10.3. The van der Waals surface area contributed by atoms with Crippen molar-refractivity contribution < 1.29 is 19.1 Å². The number of hydrogen-bond acceptors (Lipinski definition) is 3. The fourth-order valence-electron chi connectivity index (χ4n) is 2.56. The molecule has 22 heavy (non-hydrogen) atoms. The lowest BCUT2D eigenvalue weighted by molar-refractivity contribution is -0.116. The molecule has 0 saturated heterocycles. The molecule has 0 heterocycles. The zero-order chi connectivity index (χ0) is 17.1. The van der Waals surface area contributed by atoms with E-state index in [9.17, 15) is 19.1 Å². The van der Waals surface area contributed by atoms with Crippen molar-refractivity contribution in [3.8, 4) is 0 Å². The average molecular weight is 308 g/mol. The van der Waals surface area contributed by atoms with Crippen LogP contribution in [0.3, 0.4) is 0 Å². The molecule has 1 rings (SSSR count). The summed E-state index contributed by atoms with van der Waals surface area (Å²) >= 11 is 0. The predicted octanol–water partition coefficient (Wildman–Crippen LogP) is 3.98. The first-order valence-corrected chi connectivity index (χ1v) is 7.58. The molecule has 3 nitrogen and oxygen atoms in total. The van der Waals surface area contributed by atoms with E-state index in [1.54, 1.807) is 27.7 Å². The summed E-state index contributed by atoms with van der Waals surface area (Å²) < 4.78 is 12.7. The van der Waals surface area contributed by atoms with Crippen molar-refractivity contribution in [3.63, 3.8) is 0 Å². The smallest absolute Gasteiger partial charge is 0.185 e. The summed E-state index contributed by atoms with van der Waals surface area (Å²) in [6.07, 6.45) is 3.01. The van der Waals surface area contributed by atoms with E-state index in [4.69, 9.17) is 0 Å². The van der Waals surface area contributed by atoms with Crippen molar-refractivity contribution in [2.24, 2.45) is 0 Å². The minimum Gasteiger partial charge on any atom is -0.390 e. The van der Waals surface area contributed by atoms with Crippen LogP contribution in [0.5, 0.6) is 0 Å². The van der Waals surface area contributed by atoms with Gasteiger partial charge in [-0.25, -0.2) is 4.39 Å². The molecule has 0 aliphatic heterocycles. The van der Waals surface area contributed by atoms with Crippen molar-refractivity contribution in [1.82, 2.24) is 0 Å². The van der Waals surface area contributed by atoms with Gasteiger partial charge in [0.1, 0.15) is 0 Å². The molecule has 122 valence electrons. The lowest BCUT2D eigenvalue weighted by Crippen LogP contribution is -2.26. The molecule has 0 saturated carbocycles. The first-order valence-electron chi connectivity index (χ1n) is 7.58. The Morgan fingerprint density at radius 2 is 1.64 bits per heavy atom. The SMILES string of the molecule is CC1=C(C)C(=O)C(CC[C@](C)(O)CC/C=C(/C)F)=C(C)C1=O. The van der Waals surface area contributed by atoms with Crippen LogP contribution in [-0.4, -0.2) is 22.3 Å². The van der Waals surface area contributed by atoms with Crippen LogP contribution < -0.4 is 0 Å². The molecule has 4 heteroatoms. The van der Waals surface area contributed by atoms with Gasteiger partial charge >= 0.3 is 0 Å². The minimum absolute atomic E-state index is 0.0947. The van der Waals surface area contributed by atoms with Gasteiger partial charge in [0.25, 0.3) is 0 Å². The number of carbonyl (C=O) groups is 2. The van der Waals surface area contributed by atoms with Crippen LogP contribution in [0.2, 0.25) is 0 Å². The first kappa shape index (κ1) is 18.5. The molecule has 0 amide bonds. The van der Waals surface area contributed by atoms with E-state index in [1.165, 1.54) is 13.0 Å². The quantitative estimate of drug-likeness (QED) is 0.755. The Balaban J connectivity index is 2.77. The summed E-state index contributed by atoms with van der Waals surface area (Å²) in [5.74, 6) is -0.466. The molecular weight excluding hydrogens is 283 g/mol. The summed E-state index contributed by atoms with van der Waals surface area (Å²) in [4.78, 5) is 24.4. The summed E-state index contributed by atoms with van der Waals surface area (Å²) in [7, 11) is 0. The number of Topliss-reactive ketones (excluding diaryl/α,β-unsaturated/α-hetero) is 2. The molecule has 0 aromatic rings. The molecule has 1 N–H and O–H groups in total. The van der Waals surface area contributed by atoms with Gasteiger partial charge in [0, 0.05) is 22.3 Å². The lowest BCUT2D eigenvalue weighted by Gasteiger charge is -2.25. The highest BCUT2D eigenvalue weighted by molar-refractivity contribution is 6.24. The zero-order valence-corrected chi connectivity index (χ0v) is 14.0. The van der Waals surface area contributed by atoms with E-state index in [0.29, 0.717) is 48.0 Å². The third kappa shape index (κ3) is 4.47. The van der Waals surface area contributed by atoms with E-state index in [1.807, 2.05) is 0 Å². The Hall–Kier alpha value is -1.55. The van der Waals surface area contributed by atoms with Crippen LogP contribution in [0.4, 0.5) is 4.39 Å². The van der Waals surface area contributed by atoms with Gasteiger partial charge in [-0.1, -0.05) is 6.08 Å². The molecule has 1 aliphatic rings. The van der Waals surface area contributed by atoms with Gasteiger partial charge in [0.2, 0.25) is 0 Å². The molecule has 1 atom stereocenters. The van der Waals surface area contributed by atoms with Gasteiger partial charge < -0.3 is 5.11 Å². The second-order valence-electron chi connectivity index (χ2n) is 6.34. The van der Waals surface area contributed by atoms with Crippen molar-refractivity contribution in [3.05, 3.63) is 34.2 Å². The molecule has 1 aliphatic carbocycles. The van der Waals surface area contributed by atoms with Crippen LogP contribution in [0.1, 0.15) is 60.3 Å². The predicted molar refractivity (Wildman–Crippen MR) is 85.0 cm³/mol. The zero-order valence-electron chi connectivity index (χ0n) is 14.0. The third-order valence-electron chi connectivity index (χ3n) is 4.33. The molecule has 0 aromatic heterocycles. The monoisotopic (exact) mass is 308 g/mol. The Kier molecular flexibility index (Phi) is 6.00. The van der Waals surface area contributed by atoms with Gasteiger partial charge in [-0.15, -0.1) is 0 Å². The van der Waals surface area contributed by atoms with Crippen LogP contribution in [-0.2, 0) is 9.59 Å². The highest BCUT2D eigenvalue weighted by Gasteiger charge is 2.29. The summed E-state index contributed by atoms with van der Waals surface area (Å²) in [6.45, 7) is 8.03. The Labute approximate surface area is 131 Å². The molecule has 0 aromatic carbocycles. The van der Waals surface area contributed by atoms with Gasteiger partial charge in [0.05, 0.1) is 11.4 Å². The Bertz CT molecular complexity index is 573. The number of hydrogen-bond donors (Lipinski definition) is 1. The maximum atomic E-state index is 12.7. The molecule has 0 unspecified atom stereocenters. The van der Waals surface area contributed by atoms with E-state index in [-0.39, 0.29) is 17.4 Å². The van der Waals surface area contributed by atoms with Gasteiger partial charge in [-0.2, -0.15) is 0 Å². The van der Waals surface area contributed by atoms with E-state index in [2.05, 4.69) is 0 Å². The summed E-state index contributed by atoms with van der Waals surface area (Å²) in [5.41, 5.74) is 0.962. The molecule has 0 spiro atoms.